The van der Waals surface area contributed by atoms with Crippen molar-refractivity contribution in [3.8, 4) is 11.5 Å². The summed E-state index contributed by atoms with van der Waals surface area (Å²) in [4.78, 5) is 19.2. The van der Waals surface area contributed by atoms with Gasteiger partial charge in [-0.3, -0.25) is 0 Å². The molecule has 3 aromatic rings. The SMILES string of the molecule is Oc1cc(O)cc(C=Nc2nc(S)c3nc[nH]c3n2)c1. The van der Waals surface area contributed by atoms with Crippen LogP contribution in [0.25, 0.3) is 11.2 Å². The smallest absolute Gasteiger partial charge is 0.252 e. The first kappa shape index (κ1) is 12.4. The average Bonchev–Trinajstić information content (AvgIpc) is 2.84. The third-order valence-corrected chi connectivity index (χ3v) is 2.81. The number of hydrogen-bond donors (Lipinski definition) is 4. The minimum atomic E-state index is -0.0497. The summed E-state index contributed by atoms with van der Waals surface area (Å²) in [6, 6.07) is 4.15. The van der Waals surface area contributed by atoms with Crippen LogP contribution in [0.5, 0.6) is 11.5 Å². The lowest BCUT2D eigenvalue weighted by atomic mass is 10.2. The van der Waals surface area contributed by atoms with Crippen LogP contribution in [0.2, 0.25) is 0 Å². The average molecular weight is 287 g/mol. The molecule has 0 spiro atoms. The predicted octanol–water partition coefficient (Wildman–Crippen LogP) is 1.80. The monoisotopic (exact) mass is 287 g/mol. The Kier molecular flexibility index (Phi) is 2.99. The van der Waals surface area contributed by atoms with Gasteiger partial charge in [-0.05, 0) is 12.1 Å². The van der Waals surface area contributed by atoms with Gasteiger partial charge in [0.05, 0.1) is 6.33 Å². The van der Waals surface area contributed by atoms with Crippen molar-refractivity contribution in [2.75, 3.05) is 0 Å². The third-order valence-electron chi connectivity index (χ3n) is 2.50. The highest BCUT2D eigenvalue weighted by Gasteiger charge is 2.06. The quantitative estimate of drug-likeness (QED) is 0.326. The Morgan fingerprint density at radius 2 is 1.90 bits per heavy atom. The number of H-pyrrole nitrogens is 1. The molecular formula is C12H9N5O2S. The molecule has 0 saturated carbocycles. The molecule has 0 radical (unpaired) electrons. The maximum absolute atomic E-state index is 9.37. The fourth-order valence-corrected chi connectivity index (χ4v) is 1.94. The van der Waals surface area contributed by atoms with Crippen molar-refractivity contribution >= 4 is 36.0 Å². The van der Waals surface area contributed by atoms with Gasteiger partial charge in [-0.2, -0.15) is 4.98 Å². The minimum Gasteiger partial charge on any atom is -0.508 e. The normalized spacial score (nSPS) is 11.4. The zero-order valence-electron chi connectivity index (χ0n) is 10.0. The van der Waals surface area contributed by atoms with Crippen LogP contribution in [0.15, 0.2) is 34.5 Å². The summed E-state index contributed by atoms with van der Waals surface area (Å²) in [5.41, 5.74) is 1.63. The van der Waals surface area contributed by atoms with Gasteiger partial charge >= 0.3 is 0 Å². The summed E-state index contributed by atoms with van der Waals surface area (Å²) in [6.07, 6.45) is 2.93. The predicted molar refractivity (Wildman–Crippen MR) is 76.0 cm³/mol. The van der Waals surface area contributed by atoms with Gasteiger partial charge in [0.25, 0.3) is 5.95 Å². The first-order chi connectivity index (χ1) is 9.61. The third kappa shape index (κ3) is 2.41. The number of thiol groups is 1. The molecule has 8 heteroatoms. The van der Waals surface area contributed by atoms with E-state index in [9.17, 15) is 10.2 Å². The van der Waals surface area contributed by atoms with E-state index in [1.165, 1.54) is 30.7 Å². The molecule has 1 aromatic carbocycles. The van der Waals surface area contributed by atoms with Crippen molar-refractivity contribution in [2.45, 2.75) is 5.03 Å². The van der Waals surface area contributed by atoms with Gasteiger partial charge in [-0.25, -0.2) is 15.0 Å². The molecule has 3 rings (SSSR count). The van der Waals surface area contributed by atoms with Gasteiger partial charge in [0.1, 0.15) is 22.0 Å². The Balaban J connectivity index is 1.97. The van der Waals surface area contributed by atoms with Gasteiger partial charge in [-0.1, -0.05) is 0 Å². The van der Waals surface area contributed by atoms with E-state index < -0.39 is 0 Å². The fourth-order valence-electron chi connectivity index (χ4n) is 1.69. The number of aromatic nitrogens is 4. The van der Waals surface area contributed by atoms with E-state index >= 15 is 0 Å². The number of fused-ring (bicyclic) bond motifs is 1. The lowest BCUT2D eigenvalue weighted by molar-refractivity contribution is 0.450. The van der Waals surface area contributed by atoms with Crippen LogP contribution in [-0.4, -0.2) is 36.4 Å². The van der Waals surface area contributed by atoms with Crippen LogP contribution in [0.3, 0.4) is 0 Å². The summed E-state index contributed by atoms with van der Waals surface area (Å²) < 4.78 is 0. The Morgan fingerprint density at radius 1 is 1.15 bits per heavy atom. The van der Waals surface area contributed by atoms with Crippen LogP contribution < -0.4 is 0 Å². The standard InChI is InChI=1S/C12H9N5O2S/c18-7-1-6(2-8(19)3-7)4-13-12-16-10-9(11(20)17-12)14-5-15-10/h1-5,18-19H,(H2,14,15,16,17,20). The Morgan fingerprint density at radius 3 is 2.65 bits per heavy atom. The summed E-state index contributed by atoms with van der Waals surface area (Å²) in [5, 5.41) is 19.2. The number of benzene rings is 1. The molecule has 3 N–H and O–H groups in total. The first-order valence-electron chi connectivity index (χ1n) is 5.59. The molecule has 0 fully saturated rings. The maximum Gasteiger partial charge on any atom is 0.252 e. The van der Waals surface area contributed by atoms with Crippen molar-refractivity contribution < 1.29 is 10.2 Å². The molecule has 0 unspecified atom stereocenters. The molecule has 0 bridgehead atoms. The van der Waals surface area contributed by atoms with Crippen molar-refractivity contribution in [2.24, 2.45) is 4.99 Å². The number of hydrogen-bond acceptors (Lipinski definition) is 7. The highest BCUT2D eigenvalue weighted by molar-refractivity contribution is 7.80. The van der Waals surface area contributed by atoms with Crippen molar-refractivity contribution in [1.82, 2.24) is 19.9 Å². The van der Waals surface area contributed by atoms with Gasteiger partial charge in [0.2, 0.25) is 0 Å². The number of aliphatic imine (C=N–C) groups is 1. The van der Waals surface area contributed by atoms with Gasteiger partial charge in [-0.15, -0.1) is 12.6 Å². The molecule has 0 atom stereocenters. The van der Waals surface area contributed by atoms with Crippen LogP contribution in [-0.2, 0) is 0 Å². The van der Waals surface area contributed by atoms with E-state index in [1.54, 1.807) is 0 Å². The number of nitrogens with zero attached hydrogens (tertiary/aromatic N) is 4. The molecule has 0 saturated heterocycles. The highest BCUT2D eigenvalue weighted by Crippen LogP contribution is 2.21. The summed E-state index contributed by atoms with van der Waals surface area (Å²) >= 11 is 4.21. The lowest BCUT2D eigenvalue weighted by Crippen LogP contribution is -1.87. The topological polar surface area (TPSA) is 107 Å². The molecule has 7 nitrogen and oxygen atoms in total. The number of nitrogens with one attached hydrogen (secondary N) is 1. The molecule has 2 aromatic heterocycles. The highest BCUT2D eigenvalue weighted by atomic mass is 32.1. The second-order valence-corrected chi connectivity index (χ2v) is 4.41. The Labute approximate surface area is 118 Å². The second-order valence-electron chi connectivity index (χ2n) is 3.99. The fraction of sp³-hybridized carbons (Fsp3) is 0. The second kappa shape index (κ2) is 4.82. The van der Waals surface area contributed by atoms with E-state index in [0.717, 1.165) is 0 Å². The molecule has 20 heavy (non-hydrogen) atoms. The summed E-state index contributed by atoms with van der Waals surface area (Å²) in [6.45, 7) is 0. The zero-order valence-corrected chi connectivity index (χ0v) is 10.9. The largest absolute Gasteiger partial charge is 0.508 e. The van der Waals surface area contributed by atoms with E-state index in [4.69, 9.17) is 0 Å². The number of aromatic hydroxyl groups is 2. The summed E-state index contributed by atoms with van der Waals surface area (Å²) in [5.74, 6) is 0.104. The Hall–Kier alpha value is -2.61. The van der Waals surface area contributed by atoms with Crippen LogP contribution in [0.1, 0.15) is 5.56 Å². The maximum atomic E-state index is 9.37. The molecule has 0 amide bonds. The molecule has 2 heterocycles. The van der Waals surface area contributed by atoms with Crippen molar-refractivity contribution in [3.05, 3.63) is 30.1 Å². The molecular weight excluding hydrogens is 278 g/mol. The van der Waals surface area contributed by atoms with E-state index in [2.05, 4.69) is 37.6 Å². The Bertz CT molecular complexity index is 794. The van der Waals surface area contributed by atoms with Gasteiger partial charge < -0.3 is 15.2 Å². The minimum absolute atomic E-state index is 0.0497. The zero-order chi connectivity index (χ0) is 14.1. The number of phenols is 2. The van der Waals surface area contributed by atoms with Crippen LogP contribution in [0, 0.1) is 0 Å². The molecule has 0 aliphatic rings. The van der Waals surface area contributed by atoms with E-state index in [1.807, 2.05) is 0 Å². The number of rotatable bonds is 2. The number of aromatic amines is 1. The first-order valence-corrected chi connectivity index (χ1v) is 6.04. The number of imidazole rings is 1. The number of phenolic OH excluding ortho intramolecular Hbond substituents is 2. The molecule has 100 valence electrons. The van der Waals surface area contributed by atoms with Crippen molar-refractivity contribution in [1.29, 1.82) is 0 Å². The van der Waals surface area contributed by atoms with Crippen LogP contribution in [0.4, 0.5) is 5.95 Å². The van der Waals surface area contributed by atoms with Gasteiger partial charge in [0, 0.05) is 17.8 Å². The van der Waals surface area contributed by atoms with E-state index in [0.29, 0.717) is 21.8 Å². The van der Waals surface area contributed by atoms with Crippen molar-refractivity contribution in [3.63, 3.8) is 0 Å². The molecule has 0 aliphatic carbocycles. The summed E-state index contributed by atoms with van der Waals surface area (Å²) in [7, 11) is 0. The van der Waals surface area contributed by atoms with E-state index in [-0.39, 0.29) is 17.4 Å². The van der Waals surface area contributed by atoms with Crippen LogP contribution >= 0.6 is 12.6 Å². The lowest BCUT2D eigenvalue weighted by Gasteiger charge is -1.98. The molecule has 0 aliphatic heterocycles. The van der Waals surface area contributed by atoms with Gasteiger partial charge in [0.15, 0.2) is 5.65 Å².